The Labute approximate surface area is 220 Å². The Balaban J connectivity index is 1.48. The quantitative estimate of drug-likeness (QED) is 0.354. The number of alkyl halides is 3. The number of nitrogens with one attached hydrogen (secondary N) is 1. The number of fused-ring (bicyclic) bond motifs is 1. The number of anilines is 2. The van der Waals surface area contributed by atoms with Gasteiger partial charge in [0.2, 0.25) is 0 Å². The fraction of sp³-hybridized carbons (Fsp3) is 0.185. The van der Waals surface area contributed by atoms with Gasteiger partial charge in [0.1, 0.15) is 6.33 Å². The van der Waals surface area contributed by atoms with E-state index in [9.17, 15) is 22.8 Å². The number of rotatable bonds is 5. The third-order valence-corrected chi connectivity index (χ3v) is 5.92. The van der Waals surface area contributed by atoms with Gasteiger partial charge in [-0.3, -0.25) is 4.79 Å². The van der Waals surface area contributed by atoms with E-state index in [1.807, 2.05) is 0 Å². The molecule has 12 heteroatoms. The van der Waals surface area contributed by atoms with Crippen LogP contribution in [-0.2, 0) is 10.9 Å². The number of carbonyl (C=O) groups is 2. The van der Waals surface area contributed by atoms with Crippen LogP contribution in [0.3, 0.4) is 0 Å². The van der Waals surface area contributed by atoms with Gasteiger partial charge in [-0.05, 0) is 42.5 Å². The average molecular weight is 537 g/mol. The molecule has 0 bridgehead atoms. The van der Waals surface area contributed by atoms with E-state index < -0.39 is 23.7 Å². The highest BCUT2D eigenvalue weighted by Crippen LogP contribution is 2.33. The van der Waals surface area contributed by atoms with Gasteiger partial charge in [-0.2, -0.15) is 18.2 Å². The fourth-order valence-corrected chi connectivity index (χ4v) is 4.02. The normalized spacial score (nSPS) is 13.7. The zero-order valence-corrected chi connectivity index (χ0v) is 20.4. The van der Waals surface area contributed by atoms with Crippen molar-refractivity contribution in [2.75, 3.05) is 36.7 Å². The van der Waals surface area contributed by atoms with Crippen LogP contribution < -0.4 is 15.2 Å². The van der Waals surface area contributed by atoms with E-state index in [1.54, 1.807) is 54.6 Å². The van der Waals surface area contributed by atoms with Crippen molar-refractivity contribution >= 4 is 34.2 Å². The molecule has 0 aliphatic carbocycles. The van der Waals surface area contributed by atoms with Gasteiger partial charge in [0.25, 0.3) is 11.8 Å². The number of morpholine rings is 1. The monoisotopic (exact) mass is 537 g/mol. The molecule has 3 aromatic carbocycles. The van der Waals surface area contributed by atoms with Crippen LogP contribution in [0.4, 0.5) is 29.3 Å². The van der Waals surface area contributed by atoms with Crippen molar-refractivity contribution in [3.05, 3.63) is 90.3 Å². The summed E-state index contributed by atoms with van der Waals surface area (Å²) in [5.41, 5.74) is -0.667. The summed E-state index contributed by atoms with van der Waals surface area (Å²) >= 11 is 0. The van der Waals surface area contributed by atoms with Crippen LogP contribution in [0.1, 0.15) is 15.9 Å². The minimum absolute atomic E-state index is 0.0619. The smallest absolute Gasteiger partial charge is 0.378 e. The summed E-state index contributed by atoms with van der Waals surface area (Å²) in [6, 6.07) is 17.0. The van der Waals surface area contributed by atoms with Crippen LogP contribution >= 0.6 is 0 Å². The van der Waals surface area contributed by atoms with Gasteiger partial charge in [0, 0.05) is 24.3 Å². The second-order valence-corrected chi connectivity index (χ2v) is 8.55. The molecule has 1 saturated heterocycles. The summed E-state index contributed by atoms with van der Waals surface area (Å²) in [4.78, 5) is 42.0. The molecule has 4 aromatic rings. The Kier molecular flexibility index (Phi) is 7.28. The molecule has 0 saturated carbocycles. The van der Waals surface area contributed by atoms with Crippen molar-refractivity contribution in [3.8, 4) is 5.88 Å². The van der Waals surface area contributed by atoms with Crippen LogP contribution in [0.25, 0.3) is 10.9 Å². The summed E-state index contributed by atoms with van der Waals surface area (Å²) in [6.45, 7) is 1.07. The number of hydroxylamine groups is 1. The van der Waals surface area contributed by atoms with E-state index in [0.717, 1.165) is 17.2 Å². The van der Waals surface area contributed by atoms with Gasteiger partial charge >= 0.3 is 12.2 Å². The number of halogens is 3. The molecule has 200 valence electrons. The lowest BCUT2D eigenvalue weighted by Gasteiger charge is -2.27. The molecule has 39 heavy (non-hydrogen) atoms. The number of hydrogen-bond donors (Lipinski definition) is 1. The van der Waals surface area contributed by atoms with Crippen LogP contribution in [0.5, 0.6) is 5.88 Å². The van der Waals surface area contributed by atoms with Gasteiger partial charge in [-0.25, -0.2) is 9.78 Å². The summed E-state index contributed by atoms with van der Waals surface area (Å²) in [7, 11) is 0. The lowest BCUT2D eigenvalue weighted by molar-refractivity contribution is -0.137. The molecule has 0 radical (unpaired) electrons. The minimum Gasteiger partial charge on any atom is -0.378 e. The molecule has 1 aromatic heterocycles. The molecule has 5 rings (SSSR count). The standard InChI is InChI=1S/C27H22F3N5O4/c28-27(29,30)19-14-18(25(36)34-10-12-38-13-11-34)15-20(16-19)33-26(37)35(21-6-2-1-3-7-21)39-24-22-8-4-5-9-23(22)31-17-32-24/h1-9,14-17H,10-13H2,(H,33,37). The Morgan fingerprint density at radius 3 is 2.41 bits per heavy atom. The van der Waals surface area contributed by atoms with Crippen LogP contribution in [0.2, 0.25) is 0 Å². The average Bonchev–Trinajstić information content (AvgIpc) is 2.95. The highest BCUT2D eigenvalue weighted by atomic mass is 19.4. The number of para-hydroxylation sites is 2. The van der Waals surface area contributed by atoms with Crippen molar-refractivity contribution < 1.29 is 32.3 Å². The molecule has 2 heterocycles. The predicted molar refractivity (Wildman–Crippen MR) is 136 cm³/mol. The van der Waals surface area contributed by atoms with E-state index in [2.05, 4.69) is 15.3 Å². The third kappa shape index (κ3) is 5.91. The molecule has 1 N–H and O–H groups in total. The van der Waals surface area contributed by atoms with E-state index >= 15 is 0 Å². The number of amides is 3. The minimum atomic E-state index is -4.75. The SMILES string of the molecule is O=C(c1cc(NC(=O)N(Oc2ncnc3ccccc23)c2ccccc2)cc(C(F)(F)F)c1)N1CCOCC1. The maximum atomic E-state index is 13.7. The number of urea groups is 1. The van der Waals surface area contributed by atoms with Gasteiger partial charge < -0.3 is 19.8 Å². The number of aromatic nitrogens is 2. The number of ether oxygens (including phenoxy) is 1. The first kappa shape index (κ1) is 25.9. The summed E-state index contributed by atoms with van der Waals surface area (Å²) in [5.74, 6) is -0.532. The second-order valence-electron chi connectivity index (χ2n) is 8.55. The maximum absolute atomic E-state index is 13.7. The molecule has 0 unspecified atom stereocenters. The zero-order chi connectivity index (χ0) is 27.4. The Bertz CT molecular complexity index is 1490. The Morgan fingerprint density at radius 1 is 0.949 bits per heavy atom. The van der Waals surface area contributed by atoms with Crippen molar-refractivity contribution in [2.24, 2.45) is 0 Å². The Hall–Kier alpha value is -4.71. The van der Waals surface area contributed by atoms with E-state index in [0.29, 0.717) is 10.9 Å². The molecule has 3 amide bonds. The largest absolute Gasteiger partial charge is 0.416 e. The van der Waals surface area contributed by atoms with Gasteiger partial charge in [0.15, 0.2) is 0 Å². The summed E-state index contributed by atoms with van der Waals surface area (Å²) in [5, 5.41) is 3.84. The van der Waals surface area contributed by atoms with Crippen LogP contribution in [-0.4, -0.2) is 53.1 Å². The van der Waals surface area contributed by atoms with E-state index in [-0.39, 0.29) is 49.1 Å². The van der Waals surface area contributed by atoms with Crippen molar-refractivity contribution in [3.63, 3.8) is 0 Å². The van der Waals surface area contributed by atoms with Crippen molar-refractivity contribution in [2.45, 2.75) is 6.18 Å². The fourth-order valence-electron chi connectivity index (χ4n) is 4.02. The second kappa shape index (κ2) is 11.0. The molecular weight excluding hydrogens is 515 g/mol. The first-order valence-electron chi connectivity index (χ1n) is 11.9. The summed E-state index contributed by atoms with van der Waals surface area (Å²) < 4.78 is 46.5. The zero-order valence-electron chi connectivity index (χ0n) is 20.4. The van der Waals surface area contributed by atoms with E-state index in [4.69, 9.17) is 9.57 Å². The molecule has 1 fully saturated rings. The molecule has 1 aliphatic heterocycles. The first-order chi connectivity index (χ1) is 18.8. The van der Waals surface area contributed by atoms with Crippen molar-refractivity contribution in [1.29, 1.82) is 0 Å². The van der Waals surface area contributed by atoms with Gasteiger partial charge in [-0.15, -0.1) is 5.06 Å². The summed E-state index contributed by atoms with van der Waals surface area (Å²) in [6.07, 6.45) is -3.48. The number of benzene rings is 3. The lowest BCUT2D eigenvalue weighted by atomic mass is 10.1. The molecule has 1 aliphatic rings. The number of nitrogens with zero attached hydrogens (tertiary/aromatic N) is 4. The molecule has 0 spiro atoms. The maximum Gasteiger partial charge on any atom is 0.416 e. The predicted octanol–water partition coefficient (Wildman–Crippen LogP) is 5.15. The highest BCUT2D eigenvalue weighted by molar-refractivity contribution is 6.02. The number of hydrogen-bond acceptors (Lipinski definition) is 6. The topological polar surface area (TPSA) is 96.9 Å². The van der Waals surface area contributed by atoms with Crippen LogP contribution in [0.15, 0.2) is 79.1 Å². The Morgan fingerprint density at radius 2 is 1.67 bits per heavy atom. The van der Waals surface area contributed by atoms with Crippen LogP contribution in [0, 0.1) is 0 Å². The third-order valence-electron chi connectivity index (χ3n) is 5.92. The van der Waals surface area contributed by atoms with Crippen molar-refractivity contribution in [1.82, 2.24) is 14.9 Å². The lowest BCUT2D eigenvalue weighted by Crippen LogP contribution is -2.41. The molecule has 9 nitrogen and oxygen atoms in total. The van der Waals surface area contributed by atoms with E-state index in [1.165, 1.54) is 17.3 Å². The van der Waals surface area contributed by atoms with Gasteiger partial charge in [0.05, 0.1) is 35.4 Å². The molecule has 0 atom stereocenters. The molecular formula is C27H22F3N5O4. The van der Waals surface area contributed by atoms with Gasteiger partial charge in [-0.1, -0.05) is 30.3 Å². The first-order valence-corrected chi connectivity index (χ1v) is 11.9. The number of carbonyl (C=O) groups excluding carboxylic acids is 2. The highest BCUT2D eigenvalue weighted by Gasteiger charge is 2.33.